The molecule has 1 aliphatic rings. The molecule has 0 bridgehead atoms. The molecule has 4 nitrogen and oxygen atoms in total. The molecule has 1 amide bonds. The minimum atomic E-state index is -0.163. The van der Waals surface area contributed by atoms with Gasteiger partial charge in [-0.2, -0.15) is 0 Å². The number of nitrogens with one attached hydrogen (secondary N) is 1. The number of para-hydroxylation sites is 2. The number of carbonyl (C=O) groups excluding carboxylic acids is 1. The summed E-state index contributed by atoms with van der Waals surface area (Å²) in [4.78, 5) is 12.0. The lowest BCUT2D eigenvalue weighted by Gasteiger charge is -2.26. The molecule has 114 valence electrons. The van der Waals surface area contributed by atoms with Crippen LogP contribution >= 0.6 is 15.9 Å². The highest BCUT2D eigenvalue weighted by atomic mass is 79.9. The summed E-state index contributed by atoms with van der Waals surface area (Å²) >= 11 is 3.38. The smallest absolute Gasteiger partial charge is 0.224 e. The first-order valence-electron chi connectivity index (χ1n) is 7.10. The average Bonchev–Trinajstić information content (AvgIpc) is 2.55. The number of fused-ring (bicyclic) bond motifs is 1. The largest absolute Gasteiger partial charge is 0.486 e. The normalized spacial score (nSPS) is 16.1. The Morgan fingerprint density at radius 3 is 2.64 bits per heavy atom. The van der Waals surface area contributed by atoms with Crippen LogP contribution in [0.25, 0.3) is 0 Å². The molecule has 5 heteroatoms. The number of benzene rings is 2. The number of halogens is 1. The van der Waals surface area contributed by atoms with Crippen LogP contribution in [0, 0.1) is 0 Å². The van der Waals surface area contributed by atoms with E-state index in [-0.39, 0.29) is 12.0 Å². The fourth-order valence-electron chi connectivity index (χ4n) is 2.24. The van der Waals surface area contributed by atoms with Gasteiger partial charge in [-0.3, -0.25) is 4.79 Å². The Bertz CT molecular complexity index is 657. The van der Waals surface area contributed by atoms with Gasteiger partial charge in [-0.25, -0.2) is 0 Å². The quantitative estimate of drug-likeness (QED) is 0.910. The lowest BCUT2D eigenvalue weighted by molar-refractivity contribution is -0.120. The standard InChI is InChI=1S/C17H16BrNO3/c18-13-7-5-12(6-8-13)9-17(20)19-10-14-11-21-15-3-1-2-4-16(15)22-14/h1-8,14H,9-11H2,(H,19,20)/t14-/m0/s1. The molecule has 2 aromatic rings. The summed E-state index contributed by atoms with van der Waals surface area (Å²) in [6.07, 6.45) is 0.195. The Hall–Kier alpha value is -2.01. The second-order valence-corrected chi connectivity index (χ2v) is 6.02. The van der Waals surface area contributed by atoms with Crippen LogP contribution in [-0.2, 0) is 11.2 Å². The molecular formula is C17H16BrNO3. The number of carbonyl (C=O) groups is 1. The Morgan fingerprint density at radius 2 is 1.86 bits per heavy atom. The summed E-state index contributed by atoms with van der Waals surface area (Å²) in [6, 6.07) is 15.3. The Morgan fingerprint density at radius 1 is 1.14 bits per heavy atom. The zero-order valence-corrected chi connectivity index (χ0v) is 13.5. The molecule has 1 atom stereocenters. The van der Waals surface area contributed by atoms with Crippen molar-refractivity contribution >= 4 is 21.8 Å². The fraction of sp³-hybridized carbons (Fsp3) is 0.235. The van der Waals surface area contributed by atoms with E-state index >= 15 is 0 Å². The lowest BCUT2D eigenvalue weighted by atomic mass is 10.1. The van der Waals surface area contributed by atoms with Gasteiger partial charge < -0.3 is 14.8 Å². The predicted molar refractivity (Wildman–Crippen MR) is 87.2 cm³/mol. The first-order valence-corrected chi connectivity index (χ1v) is 7.89. The SMILES string of the molecule is O=C(Cc1ccc(Br)cc1)NC[C@H]1COc2ccccc2O1. The van der Waals surface area contributed by atoms with Gasteiger partial charge >= 0.3 is 0 Å². The van der Waals surface area contributed by atoms with Crippen molar-refractivity contribution < 1.29 is 14.3 Å². The van der Waals surface area contributed by atoms with Crippen molar-refractivity contribution in [3.8, 4) is 11.5 Å². The molecule has 3 rings (SSSR count). The first-order chi connectivity index (χ1) is 10.7. The molecule has 2 aromatic carbocycles. The number of ether oxygens (including phenoxy) is 2. The first kappa shape index (κ1) is 14.9. The molecule has 22 heavy (non-hydrogen) atoms. The van der Waals surface area contributed by atoms with Crippen molar-refractivity contribution in [3.63, 3.8) is 0 Å². The Kier molecular flexibility index (Phi) is 4.63. The topological polar surface area (TPSA) is 47.6 Å². The van der Waals surface area contributed by atoms with Gasteiger partial charge in [0, 0.05) is 4.47 Å². The third-order valence-corrected chi connectivity index (χ3v) is 3.90. The maximum absolute atomic E-state index is 12.0. The van der Waals surface area contributed by atoms with Crippen LogP contribution < -0.4 is 14.8 Å². The number of hydrogen-bond acceptors (Lipinski definition) is 3. The maximum Gasteiger partial charge on any atom is 0.224 e. The van der Waals surface area contributed by atoms with Gasteiger partial charge in [0.05, 0.1) is 13.0 Å². The minimum Gasteiger partial charge on any atom is -0.486 e. The van der Waals surface area contributed by atoms with Crippen LogP contribution in [0.3, 0.4) is 0 Å². The lowest BCUT2D eigenvalue weighted by Crippen LogP contribution is -2.41. The molecule has 0 aromatic heterocycles. The van der Waals surface area contributed by atoms with Gasteiger partial charge in [0.15, 0.2) is 11.5 Å². The van der Waals surface area contributed by atoms with E-state index in [9.17, 15) is 4.79 Å². The van der Waals surface area contributed by atoms with Gasteiger partial charge in [-0.15, -0.1) is 0 Å². The van der Waals surface area contributed by atoms with Crippen LogP contribution in [0.4, 0.5) is 0 Å². The van der Waals surface area contributed by atoms with Crippen molar-refractivity contribution in [2.24, 2.45) is 0 Å². The molecule has 1 N–H and O–H groups in total. The minimum absolute atomic E-state index is 0.0234. The van der Waals surface area contributed by atoms with Crippen molar-refractivity contribution in [2.75, 3.05) is 13.2 Å². The summed E-state index contributed by atoms with van der Waals surface area (Å²) in [5, 5.41) is 2.89. The predicted octanol–water partition coefficient (Wildman–Crippen LogP) is 2.95. The van der Waals surface area contributed by atoms with E-state index in [0.29, 0.717) is 19.6 Å². The zero-order chi connectivity index (χ0) is 15.4. The second kappa shape index (κ2) is 6.83. The van der Waals surface area contributed by atoms with E-state index in [1.165, 1.54) is 0 Å². The van der Waals surface area contributed by atoms with Crippen molar-refractivity contribution in [1.29, 1.82) is 0 Å². The molecule has 0 fully saturated rings. The molecule has 0 spiro atoms. The summed E-state index contributed by atoms with van der Waals surface area (Å²) in [7, 11) is 0. The van der Waals surface area contributed by atoms with E-state index in [2.05, 4.69) is 21.2 Å². The molecular weight excluding hydrogens is 346 g/mol. The third-order valence-electron chi connectivity index (χ3n) is 3.37. The van der Waals surface area contributed by atoms with E-state index < -0.39 is 0 Å². The van der Waals surface area contributed by atoms with Gasteiger partial charge in [0.1, 0.15) is 12.7 Å². The highest BCUT2D eigenvalue weighted by molar-refractivity contribution is 9.10. The number of rotatable bonds is 4. The highest BCUT2D eigenvalue weighted by Gasteiger charge is 2.20. The summed E-state index contributed by atoms with van der Waals surface area (Å²) in [6.45, 7) is 0.874. The zero-order valence-electron chi connectivity index (χ0n) is 11.9. The average molecular weight is 362 g/mol. The van der Waals surface area contributed by atoms with E-state index in [0.717, 1.165) is 21.5 Å². The van der Waals surface area contributed by atoms with Gasteiger partial charge in [0.25, 0.3) is 0 Å². The van der Waals surface area contributed by atoms with Crippen LogP contribution in [0.2, 0.25) is 0 Å². The van der Waals surface area contributed by atoms with Crippen molar-refractivity contribution in [1.82, 2.24) is 5.32 Å². The Labute approximate surface area is 137 Å². The third kappa shape index (κ3) is 3.80. The highest BCUT2D eigenvalue weighted by Crippen LogP contribution is 2.30. The van der Waals surface area contributed by atoms with Gasteiger partial charge in [-0.1, -0.05) is 40.2 Å². The fourth-order valence-corrected chi connectivity index (χ4v) is 2.51. The second-order valence-electron chi connectivity index (χ2n) is 5.10. The van der Waals surface area contributed by atoms with Crippen LogP contribution in [-0.4, -0.2) is 25.2 Å². The monoisotopic (exact) mass is 361 g/mol. The molecule has 0 saturated carbocycles. The molecule has 0 unspecified atom stereocenters. The van der Waals surface area contributed by atoms with Crippen LogP contribution in [0.5, 0.6) is 11.5 Å². The molecule has 0 aliphatic carbocycles. The summed E-state index contributed by atoms with van der Waals surface area (Å²) in [5.41, 5.74) is 0.979. The molecule has 1 heterocycles. The summed E-state index contributed by atoms with van der Waals surface area (Å²) in [5.74, 6) is 1.45. The Balaban J connectivity index is 1.49. The van der Waals surface area contributed by atoms with Crippen molar-refractivity contribution in [3.05, 3.63) is 58.6 Å². The van der Waals surface area contributed by atoms with Crippen LogP contribution in [0.15, 0.2) is 53.0 Å². The summed E-state index contributed by atoms with van der Waals surface area (Å²) < 4.78 is 12.4. The molecule has 0 saturated heterocycles. The van der Waals surface area contributed by atoms with Gasteiger partial charge in [-0.05, 0) is 29.8 Å². The maximum atomic E-state index is 12.0. The molecule has 1 aliphatic heterocycles. The van der Waals surface area contributed by atoms with E-state index in [4.69, 9.17) is 9.47 Å². The number of amides is 1. The van der Waals surface area contributed by atoms with Gasteiger partial charge in [0.2, 0.25) is 5.91 Å². The number of hydrogen-bond donors (Lipinski definition) is 1. The van der Waals surface area contributed by atoms with E-state index in [1.54, 1.807) is 0 Å². The van der Waals surface area contributed by atoms with Crippen molar-refractivity contribution in [2.45, 2.75) is 12.5 Å². The van der Waals surface area contributed by atoms with E-state index in [1.807, 2.05) is 48.5 Å². The van der Waals surface area contributed by atoms with Crippen LogP contribution in [0.1, 0.15) is 5.56 Å². The molecule has 0 radical (unpaired) electrons.